The summed E-state index contributed by atoms with van der Waals surface area (Å²) in [5.41, 5.74) is 0.108. The van der Waals surface area contributed by atoms with Crippen LogP contribution in [0.15, 0.2) is 53.3 Å². The molecule has 3 rings (SSSR count). The average Bonchev–Trinajstić information content (AvgIpc) is 2.72. The van der Waals surface area contributed by atoms with Crippen molar-refractivity contribution in [2.24, 2.45) is 0 Å². The van der Waals surface area contributed by atoms with Crippen molar-refractivity contribution in [1.82, 2.24) is 4.57 Å². The first-order valence-corrected chi connectivity index (χ1v) is 9.04. The van der Waals surface area contributed by atoms with Crippen LogP contribution >= 0.6 is 11.6 Å². The quantitative estimate of drug-likeness (QED) is 0.650. The number of aromatic nitrogens is 1. The average molecular weight is 409 g/mol. The monoisotopic (exact) mass is 408 g/mol. The van der Waals surface area contributed by atoms with E-state index in [1.807, 2.05) is 6.07 Å². The Morgan fingerprint density at radius 2 is 1.93 bits per heavy atom. The maximum Gasteiger partial charge on any atom is 0.271 e. The fourth-order valence-electron chi connectivity index (χ4n) is 3.06. The molecule has 0 bridgehead atoms. The predicted molar refractivity (Wildman–Crippen MR) is 109 cm³/mol. The summed E-state index contributed by atoms with van der Waals surface area (Å²) < 4.78 is 6.13. The van der Waals surface area contributed by atoms with Crippen molar-refractivity contribution >= 4 is 17.4 Å². The number of aromatic hydroxyl groups is 1. The topological polar surface area (TPSA) is 92.3 Å². The zero-order valence-corrected chi connectivity index (χ0v) is 16.5. The number of hydrogen-bond acceptors (Lipinski definition) is 5. The second-order valence-corrected chi connectivity index (χ2v) is 6.83. The smallest absolute Gasteiger partial charge is 0.271 e. The number of nitrogens with zero attached hydrogens (tertiary/aromatic N) is 2. The Kier molecular flexibility index (Phi) is 5.71. The van der Waals surface area contributed by atoms with E-state index in [1.165, 1.54) is 20.1 Å². The Balaban J connectivity index is 2.17. The SMILES string of the molecule is COc1ccc(Cn2c(O)c(C(=O)c3cccc(Cl)c3)c(C)c(C#N)c2=O)cc1. The molecular formula is C22H17ClN2O4. The molecule has 0 aliphatic carbocycles. The van der Waals surface area contributed by atoms with E-state index < -0.39 is 17.2 Å². The highest BCUT2D eigenvalue weighted by Crippen LogP contribution is 2.26. The molecule has 146 valence electrons. The first kappa shape index (κ1) is 20.2. The molecule has 0 aliphatic rings. The molecule has 0 spiro atoms. The number of pyridine rings is 1. The number of hydrogen-bond donors (Lipinski definition) is 1. The van der Waals surface area contributed by atoms with Crippen molar-refractivity contribution in [3.63, 3.8) is 0 Å². The number of ketones is 1. The molecule has 0 saturated carbocycles. The second kappa shape index (κ2) is 8.21. The molecule has 0 fully saturated rings. The lowest BCUT2D eigenvalue weighted by Crippen LogP contribution is -2.27. The Labute approximate surface area is 172 Å². The van der Waals surface area contributed by atoms with Gasteiger partial charge >= 0.3 is 0 Å². The molecule has 3 aromatic rings. The molecule has 0 unspecified atom stereocenters. The Bertz CT molecular complexity index is 1190. The highest BCUT2D eigenvalue weighted by molar-refractivity contribution is 6.31. The van der Waals surface area contributed by atoms with Gasteiger partial charge in [-0.2, -0.15) is 5.26 Å². The van der Waals surface area contributed by atoms with E-state index in [1.54, 1.807) is 42.5 Å². The molecular weight excluding hydrogens is 392 g/mol. The molecule has 6 nitrogen and oxygen atoms in total. The lowest BCUT2D eigenvalue weighted by molar-refractivity contribution is 0.103. The third kappa shape index (κ3) is 3.86. The van der Waals surface area contributed by atoms with Crippen LogP contribution in [0, 0.1) is 18.3 Å². The summed E-state index contributed by atoms with van der Waals surface area (Å²) in [6, 6.07) is 15.0. The van der Waals surface area contributed by atoms with Crippen LogP contribution in [0.25, 0.3) is 0 Å². The summed E-state index contributed by atoms with van der Waals surface area (Å²) in [7, 11) is 1.54. The van der Waals surface area contributed by atoms with Crippen LogP contribution in [-0.2, 0) is 6.54 Å². The molecule has 1 N–H and O–H groups in total. The molecule has 1 heterocycles. The number of carbonyl (C=O) groups excluding carboxylic acids is 1. The summed E-state index contributed by atoms with van der Waals surface area (Å²) >= 11 is 5.97. The number of carbonyl (C=O) groups is 1. The van der Waals surface area contributed by atoms with E-state index in [0.717, 1.165) is 4.57 Å². The van der Waals surface area contributed by atoms with E-state index in [0.29, 0.717) is 16.3 Å². The Hall–Kier alpha value is -3.56. The van der Waals surface area contributed by atoms with Crippen LogP contribution in [0.5, 0.6) is 11.6 Å². The van der Waals surface area contributed by atoms with Gasteiger partial charge in [0.25, 0.3) is 5.56 Å². The molecule has 1 aromatic heterocycles. The van der Waals surface area contributed by atoms with Gasteiger partial charge in [-0.15, -0.1) is 0 Å². The second-order valence-electron chi connectivity index (χ2n) is 6.39. The summed E-state index contributed by atoms with van der Waals surface area (Å²) in [5, 5.41) is 20.6. The van der Waals surface area contributed by atoms with E-state index in [-0.39, 0.29) is 28.8 Å². The molecule has 7 heteroatoms. The minimum Gasteiger partial charge on any atom is -0.497 e. The first-order chi connectivity index (χ1) is 13.9. The molecule has 2 aromatic carbocycles. The van der Waals surface area contributed by atoms with Gasteiger partial charge in [0.2, 0.25) is 5.88 Å². The van der Waals surface area contributed by atoms with Gasteiger partial charge in [0.1, 0.15) is 17.4 Å². The first-order valence-electron chi connectivity index (χ1n) is 8.67. The highest BCUT2D eigenvalue weighted by Gasteiger charge is 2.25. The number of nitriles is 1. The van der Waals surface area contributed by atoms with Crippen LogP contribution < -0.4 is 10.3 Å². The minimum atomic E-state index is -0.666. The molecule has 29 heavy (non-hydrogen) atoms. The predicted octanol–water partition coefficient (Wildman–Crippen LogP) is 3.68. The fourth-order valence-corrected chi connectivity index (χ4v) is 3.25. The van der Waals surface area contributed by atoms with Crippen molar-refractivity contribution in [2.75, 3.05) is 7.11 Å². The summed E-state index contributed by atoms with van der Waals surface area (Å²) in [6.45, 7) is 1.45. The van der Waals surface area contributed by atoms with Gasteiger partial charge in [-0.05, 0) is 42.3 Å². The van der Waals surface area contributed by atoms with Gasteiger partial charge in [-0.1, -0.05) is 35.9 Å². The number of halogens is 1. The van der Waals surface area contributed by atoms with E-state index in [4.69, 9.17) is 16.3 Å². The van der Waals surface area contributed by atoms with Gasteiger partial charge < -0.3 is 9.84 Å². The van der Waals surface area contributed by atoms with Crippen molar-refractivity contribution < 1.29 is 14.6 Å². The number of rotatable bonds is 5. The lowest BCUT2D eigenvalue weighted by Gasteiger charge is -2.16. The van der Waals surface area contributed by atoms with Crippen LogP contribution in [0.3, 0.4) is 0 Å². The molecule has 0 aliphatic heterocycles. The third-order valence-electron chi connectivity index (χ3n) is 4.61. The molecule has 0 saturated heterocycles. The van der Waals surface area contributed by atoms with Crippen molar-refractivity contribution in [1.29, 1.82) is 5.26 Å². The van der Waals surface area contributed by atoms with Gasteiger partial charge in [0.15, 0.2) is 5.78 Å². The summed E-state index contributed by atoms with van der Waals surface area (Å²) in [4.78, 5) is 25.8. The molecule has 0 atom stereocenters. The zero-order chi connectivity index (χ0) is 21.1. The van der Waals surface area contributed by atoms with E-state index in [9.17, 15) is 20.0 Å². The minimum absolute atomic E-state index is 0.0144. The lowest BCUT2D eigenvalue weighted by atomic mass is 9.97. The maximum atomic E-state index is 13.0. The van der Waals surface area contributed by atoms with E-state index >= 15 is 0 Å². The van der Waals surface area contributed by atoms with Gasteiger partial charge in [0, 0.05) is 10.6 Å². The van der Waals surface area contributed by atoms with Gasteiger partial charge in [-0.25, -0.2) is 0 Å². The van der Waals surface area contributed by atoms with Crippen LogP contribution in [0.1, 0.15) is 32.6 Å². The van der Waals surface area contributed by atoms with Crippen LogP contribution in [0.2, 0.25) is 5.02 Å². The largest absolute Gasteiger partial charge is 0.497 e. The number of ether oxygens (including phenoxy) is 1. The summed E-state index contributed by atoms with van der Waals surface area (Å²) in [5.74, 6) is -0.376. The van der Waals surface area contributed by atoms with Gasteiger partial charge in [-0.3, -0.25) is 14.2 Å². The van der Waals surface area contributed by atoms with Crippen molar-refractivity contribution in [2.45, 2.75) is 13.5 Å². The normalized spacial score (nSPS) is 10.4. The highest BCUT2D eigenvalue weighted by atomic mass is 35.5. The maximum absolute atomic E-state index is 13.0. The van der Waals surface area contributed by atoms with Crippen LogP contribution in [-0.4, -0.2) is 22.6 Å². The van der Waals surface area contributed by atoms with Crippen LogP contribution in [0.4, 0.5) is 0 Å². The van der Waals surface area contributed by atoms with Crippen molar-refractivity contribution in [3.05, 3.63) is 91.7 Å². The number of methoxy groups -OCH3 is 1. The Morgan fingerprint density at radius 3 is 2.52 bits per heavy atom. The van der Waals surface area contributed by atoms with E-state index in [2.05, 4.69) is 0 Å². The van der Waals surface area contributed by atoms with Gasteiger partial charge in [0.05, 0.1) is 19.2 Å². The number of benzene rings is 2. The zero-order valence-electron chi connectivity index (χ0n) is 15.8. The fraction of sp³-hybridized carbons (Fsp3) is 0.136. The molecule has 0 radical (unpaired) electrons. The Morgan fingerprint density at radius 1 is 1.24 bits per heavy atom. The third-order valence-corrected chi connectivity index (χ3v) is 4.85. The molecule has 0 amide bonds. The van der Waals surface area contributed by atoms with Crippen molar-refractivity contribution in [3.8, 4) is 17.7 Å². The summed E-state index contributed by atoms with van der Waals surface area (Å²) in [6.07, 6.45) is 0. The standard InChI is InChI=1S/C22H17ClN2O4/c1-13-18(11-24)21(27)25(12-14-6-8-17(29-2)9-7-14)22(28)19(13)20(26)15-4-3-5-16(23)10-15/h3-10,28H,12H2,1-2H3.